The second kappa shape index (κ2) is 9.78. The van der Waals surface area contributed by atoms with E-state index in [1.165, 1.54) is 0 Å². The van der Waals surface area contributed by atoms with Gasteiger partial charge in [0, 0.05) is 31.7 Å². The van der Waals surface area contributed by atoms with Crippen LogP contribution in [0, 0.1) is 13.8 Å². The highest BCUT2D eigenvalue weighted by molar-refractivity contribution is 5.84. The number of hydrogen-bond acceptors (Lipinski definition) is 5. The topological polar surface area (TPSA) is 73.4 Å². The second-order valence-electron chi connectivity index (χ2n) is 10.5. The van der Waals surface area contributed by atoms with Crippen molar-refractivity contribution < 1.29 is 14.1 Å². The lowest BCUT2D eigenvalue weighted by Gasteiger charge is -2.32. The van der Waals surface area contributed by atoms with Gasteiger partial charge in [0.2, 0.25) is 5.91 Å². The number of rotatable bonds is 6. The quantitative estimate of drug-likeness (QED) is 0.312. The fraction of sp³-hybridized carbons (Fsp3) is 0.433. The molecule has 0 spiro atoms. The van der Waals surface area contributed by atoms with Gasteiger partial charge >= 0.3 is 0 Å². The molecule has 0 radical (unpaired) electrons. The zero-order valence-corrected chi connectivity index (χ0v) is 21.8. The largest absolute Gasteiger partial charge is 0.381 e. The lowest BCUT2D eigenvalue weighted by Crippen LogP contribution is -2.30. The summed E-state index contributed by atoms with van der Waals surface area (Å²) in [5.74, 6) is 2.02. The molecule has 1 saturated heterocycles. The zero-order valence-electron chi connectivity index (χ0n) is 21.8. The Labute approximate surface area is 217 Å². The van der Waals surface area contributed by atoms with Gasteiger partial charge in [0.15, 0.2) is 0 Å². The standard InChI is InChI=1S/C30H34N4O3/c1-19-29(20(2)37-32-19)22-9-14-26-25(17-22)31-30(34(26)23-10-12-24(36-3)13-11-23)27-15-16-28(35)33(27)18-21-7-5-4-6-8-21/h4-9,14,17,23-24,27H,10-13,15-16,18H2,1-3H3/t23?,24?,27-/m0/s1. The molecule has 192 valence electrons. The molecular formula is C30H34N4O3. The summed E-state index contributed by atoms with van der Waals surface area (Å²) in [5, 5.41) is 4.15. The van der Waals surface area contributed by atoms with Gasteiger partial charge in [0.25, 0.3) is 0 Å². The molecule has 1 saturated carbocycles. The fourth-order valence-electron chi connectivity index (χ4n) is 6.31. The summed E-state index contributed by atoms with van der Waals surface area (Å²) < 4.78 is 13.5. The molecular weight excluding hydrogens is 464 g/mol. The number of fused-ring (bicyclic) bond motifs is 1. The molecule has 1 amide bonds. The fourth-order valence-corrected chi connectivity index (χ4v) is 6.31. The first-order valence-corrected chi connectivity index (χ1v) is 13.3. The van der Waals surface area contributed by atoms with E-state index in [4.69, 9.17) is 14.2 Å². The van der Waals surface area contributed by atoms with Crippen molar-refractivity contribution in [2.24, 2.45) is 0 Å². The van der Waals surface area contributed by atoms with E-state index >= 15 is 0 Å². The van der Waals surface area contributed by atoms with E-state index in [2.05, 4.69) is 40.1 Å². The smallest absolute Gasteiger partial charge is 0.223 e. The van der Waals surface area contributed by atoms with Crippen LogP contribution in [0.4, 0.5) is 0 Å². The van der Waals surface area contributed by atoms with Gasteiger partial charge < -0.3 is 18.7 Å². The van der Waals surface area contributed by atoms with Crippen LogP contribution >= 0.6 is 0 Å². The predicted molar refractivity (Wildman–Crippen MR) is 142 cm³/mol. The van der Waals surface area contributed by atoms with Gasteiger partial charge in [0.05, 0.1) is 28.9 Å². The van der Waals surface area contributed by atoms with Crippen molar-refractivity contribution in [2.75, 3.05) is 7.11 Å². The summed E-state index contributed by atoms with van der Waals surface area (Å²) in [7, 11) is 1.81. The third-order valence-electron chi connectivity index (χ3n) is 8.20. The summed E-state index contributed by atoms with van der Waals surface area (Å²) in [6, 6.07) is 17.1. The summed E-state index contributed by atoms with van der Waals surface area (Å²) in [5.41, 5.74) is 6.20. The number of carbonyl (C=O) groups excluding carboxylic acids is 1. The first-order chi connectivity index (χ1) is 18.0. The summed E-state index contributed by atoms with van der Waals surface area (Å²) in [4.78, 5) is 20.4. The number of carbonyl (C=O) groups is 1. The SMILES string of the molecule is COC1CCC(n2c([C@@H]3CCC(=O)N3Cc3ccccc3)nc3cc(-c4c(C)noc4C)ccc32)CC1. The first-order valence-electron chi connectivity index (χ1n) is 13.3. The van der Waals surface area contributed by atoms with Gasteiger partial charge in [-0.05, 0) is 69.2 Å². The van der Waals surface area contributed by atoms with Crippen LogP contribution in [0.2, 0.25) is 0 Å². The molecule has 4 aromatic rings. The van der Waals surface area contributed by atoms with Crippen molar-refractivity contribution in [2.45, 2.75) is 77.1 Å². The Bertz CT molecular complexity index is 1400. The molecule has 37 heavy (non-hydrogen) atoms. The average Bonchev–Trinajstić information content (AvgIpc) is 3.58. The summed E-state index contributed by atoms with van der Waals surface area (Å²) in [6.45, 7) is 4.53. The van der Waals surface area contributed by atoms with Gasteiger partial charge in [-0.25, -0.2) is 4.98 Å². The maximum absolute atomic E-state index is 13.1. The number of aromatic nitrogens is 3. The van der Waals surface area contributed by atoms with E-state index in [0.717, 1.165) is 77.1 Å². The maximum Gasteiger partial charge on any atom is 0.223 e. The number of nitrogens with zero attached hydrogens (tertiary/aromatic N) is 4. The normalized spacial score (nSPS) is 22.3. The van der Waals surface area contributed by atoms with Crippen molar-refractivity contribution in [1.82, 2.24) is 19.6 Å². The Balaban J connectivity index is 1.44. The molecule has 7 nitrogen and oxygen atoms in total. The number of ether oxygens (including phenoxy) is 1. The molecule has 6 rings (SSSR count). The third-order valence-corrected chi connectivity index (χ3v) is 8.20. The number of imidazole rings is 1. The van der Waals surface area contributed by atoms with Crippen LogP contribution in [0.15, 0.2) is 53.1 Å². The Hall–Kier alpha value is -3.45. The highest BCUT2D eigenvalue weighted by Crippen LogP contribution is 2.41. The molecule has 1 atom stereocenters. The lowest BCUT2D eigenvalue weighted by atomic mass is 9.92. The van der Waals surface area contributed by atoms with E-state index in [-0.39, 0.29) is 11.9 Å². The average molecular weight is 499 g/mol. The van der Waals surface area contributed by atoms with Crippen molar-refractivity contribution in [3.8, 4) is 11.1 Å². The summed E-state index contributed by atoms with van der Waals surface area (Å²) >= 11 is 0. The molecule has 2 aliphatic rings. The first kappa shape index (κ1) is 23.9. The van der Waals surface area contributed by atoms with Crippen molar-refractivity contribution >= 4 is 16.9 Å². The van der Waals surface area contributed by atoms with Crippen LogP contribution in [0.25, 0.3) is 22.2 Å². The Morgan fingerprint density at radius 3 is 2.51 bits per heavy atom. The van der Waals surface area contributed by atoms with E-state index in [9.17, 15) is 4.79 Å². The molecule has 0 N–H and O–H groups in total. The van der Waals surface area contributed by atoms with Crippen LogP contribution in [-0.2, 0) is 16.1 Å². The van der Waals surface area contributed by atoms with Crippen molar-refractivity contribution in [3.63, 3.8) is 0 Å². The van der Waals surface area contributed by atoms with Crippen LogP contribution in [0.1, 0.15) is 73.5 Å². The van der Waals surface area contributed by atoms with Crippen LogP contribution < -0.4 is 0 Å². The Morgan fingerprint density at radius 1 is 1.03 bits per heavy atom. The van der Waals surface area contributed by atoms with Gasteiger partial charge in [-0.1, -0.05) is 41.6 Å². The second-order valence-corrected chi connectivity index (χ2v) is 10.5. The molecule has 7 heteroatoms. The number of benzene rings is 2. The van der Waals surface area contributed by atoms with Gasteiger partial charge in [-0.15, -0.1) is 0 Å². The third kappa shape index (κ3) is 4.35. The van der Waals surface area contributed by atoms with Crippen molar-refractivity contribution in [1.29, 1.82) is 0 Å². The molecule has 1 aliphatic heterocycles. The molecule has 2 aromatic carbocycles. The summed E-state index contributed by atoms with van der Waals surface area (Å²) in [6.07, 6.45) is 5.83. The number of likely N-dealkylation sites (tertiary alicyclic amines) is 1. The number of hydrogen-bond donors (Lipinski definition) is 0. The minimum Gasteiger partial charge on any atom is -0.381 e. The number of methoxy groups -OCH3 is 1. The minimum atomic E-state index is -0.0391. The van der Waals surface area contributed by atoms with Crippen LogP contribution in [0.3, 0.4) is 0 Å². The van der Waals surface area contributed by atoms with Crippen molar-refractivity contribution in [3.05, 3.63) is 71.4 Å². The maximum atomic E-state index is 13.1. The van der Waals surface area contributed by atoms with Crippen LogP contribution in [-0.4, -0.2) is 38.7 Å². The molecule has 0 bridgehead atoms. The van der Waals surface area contributed by atoms with E-state index in [1.54, 1.807) is 0 Å². The highest BCUT2D eigenvalue weighted by Gasteiger charge is 2.37. The molecule has 0 unspecified atom stereocenters. The number of aryl methyl sites for hydroxylation is 2. The lowest BCUT2D eigenvalue weighted by molar-refractivity contribution is -0.129. The Morgan fingerprint density at radius 2 is 1.81 bits per heavy atom. The predicted octanol–water partition coefficient (Wildman–Crippen LogP) is 6.30. The highest BCUT2D eigenvalue weighted by atomic mass is 16.5. The van der Waals surface area contributed by atoms with Crippen LogP contribution in [0.5, 0.6) is 0 Å². The Kier molecular flexibility index (Phi) is 6.32. The van der Waals surface area contributed by atoms with E-state index < -0.39 is 0 Å². The minimum absolute atomic E-state index is 0.0391. The molecule has 3 heterocycles. The molecule has 2 fully saturated rings. The zero-order chi connectivity index (χ0) is 25.5. The molecule has 1 aliphatic carbocycles. The van der Waals surface area contributed by atoms with Gasteiger partial charge in [0.1, 0.15) is 11.6 Å². The van der Waals surface area contributed by atoms with Gasteiger partial charge in [-0.3, -0.25) is 4.79 Å². The van der Waals surface area contributed by atoms with E-state index in [1.807, 2.05) is 44.1 Å². The number of amides is 1. The monoisotopic (exact) mass is 498 g/mol. The van der Waals surface area contributed by atoms with E-state index in [0.29, 0.717) is 25.1 Å². The molecule has 2 aromatic heterocycles. The van der Waals surface area contributed by atoms with Gasteiger partial charge in [-0.2, -0.15) is 0 Å².